The predicted molar refractivity (Wildman–Crippen MR) is 109 cm³/mol. The fourth-order valence-electron chi connectivity index (χ4n) is 2.89. The van der Waals surface area contributed by atoms with E-state index in [4.69, 9.17) is 12.3 Å². The van der Waals surface area contributed by atoms with Crippen molar-refractivity contribution in [1.82, 2.24) is 24.5 Å². The van der Waals surface area contributed by atoms with Gasteiger partial charge in [-0.25, -0.2) is 14.5 Å². The fourth-order valence-corrected chi connectivity index (χ4v) is 2.89. The van der Waals surface area contributed by atoms with Crippen molar-refractivity contribution in [3.05, 3.63) is 77.5 Å². The van der Waals surface area contributed by atoms with Crippen molar-refractivity contribution in [1.29, 1.82) is 0 Å². The minimum Gasteiger partial charge on any atom is -0.382 e. The Morgan fingerprint density at radius 2 is 1.66 bits per heavy atom. The summed E-state index contributed by atoms with van der Waals surface area (Å²) >= 11 is 0. The van der Waals surface area contributed by atoms with E-state index >= 15 is 0 Å². The summed E-state index contributed by atoms with van der Waals surface area (Å²) in [7, 11) is 0. The zero-order valence-corrected chi connectivity index (χ0v) is 15.9. The van der Waals surface area contributed by atoms with Gasteiger partial charge in [0.05, 0.1) is 23.6 Å². The van der Waals surface area contributed by atoms with E-state index in [0.717, 1.165) is 5.69 Å². The summed E-state index contributed by atoms with van der Waals surface area (Å²) in [6.07, 6.45) is 1.66. The van der Waals surface area contributed by atoms with Crippen LogP contribution in [0.2, 0.25) is 0 Å². The molecule has 0 bridgehead atoms. The quantitative estimate of drug-likeness (QED) is 0.410. The maximum absolute atomic E-state index is 7.51. The van der Waals surface area contributed by atoms with Crippen molar-refractivity contribution in [2.24, 2.45) is 10.2 Å². The first-order chi connectivity index (χ1) is 14.1. The lowest BCUT2D eigenvalue weighted by Crippen LogP contribution is -2.03. The number of nitrogens with zero attached hydrogens (tertiary/aromatic N) is 8. The molecule has 0 unspecified atom stereocenters. The lowest BCUT2D eigenvalue weighted by atomic mass is 10.3. The second kappa shape index (κ2) is 7.36. The van der Waals surface area contributed by atoms with Crippen molar-refractivity contribution in [2.45, 2.75) is 13.8 Å². The highest BCUT2D eigenvalue weighted by molar-refractivity contribution is 5.69. The van der Waals surface area contributed by atoms with Crippen molar-refractivity contribution < 1.29 is 0 Å². The molecule has 4 aromatic rings. The fraction of sp³-hybridized carbons (Fsp3) is 0.100. The van der Waals surface area contributed by atoms with Crippen LogP contribution in [0.4, 0.5) is 23.0 Å². The highest BCUT2D eigenvalue weighted by Gasteiger charge is 2.18. The normalized spacial score (nSPS) is 11.1. The van der Waals surface area contributed by atoms with Gasteiger partial charge in [-0.3, -0.25) is 0 Å². The van der Waals surface area contributed by atoms with Crippen LogP contribution in [0.3, 0.4) is 0 Å². The van der Waals surface area contributed by atoms with Gasteiger partial charge in [-0.05, 0) is 38.1 Å². The topological polar surface area (TPSA) is 104 Å². The monoisotopic (exact) mass is 383 g/mol. The molecule has 0 fully saturated rings. The van der Waals surface area contributed by atoms with Crippen LogP contribution in [0.15, 0.2) is 65.0 Å². The van der Waals surface area contributed by atoms with E-state index in [1.807, 2.05) is 42.5 Å². The number of nitrogen functional groups attached to an aromatic ring is 1. The molecule has 0 saturated heterocycles. The number of rotatable bonds is 4. The number of para-hydroxylation sites is 1. The minimum absolute atomic E-state index is 0.316. The number of pyridine rings is 1. The van der Waals surface area contributed by atoms with E-state index in [1.165, 1.54) is 4.68 Å². The summed E-state index contributed by atoms with van der Waals surface area (Å²) in [5.41, 5.74) is 8.97. The molecule has 0 aliphatic carbocycles. The third-order valence-corrected chi connectivity index (χ3v) is 4.29. The van der Waals surface area contributed by atoms with Gasteiger partial charge in [0.25, 0.3) is 5.69 Å². The van der Waals surface area contributed by atoms with Crippen molar-refractivity contribution in [2.75, 3.05) is 5.73 Å². The van der Waals surface area contributed by atoms with Gasteiger partial charge >= 0.3 is 0 Å². The number of aryl methyl sites for hydroxylation is 2. The van der Waals surface area contributed by atoms with Gasteiger partial charge < -0.3 is 5.73 Å². The molecule has 3 heterocycles. The average molecular weight is 383 g/mol. The van der Waals surface area contributed by atoms with Gasteiger partial charge in [0.1, 0.15) is 0 Å². The average Bonchev–Trinajstić information content (AvgIpc) is 3.23. The zero-order valence-electron chi connectivity index (χ0n) is 15.9. The van der Waals surface area contributed by atoms with E-state index in [0.29, 0.717) is 40.2 Å². The van der Waals surface area contributed by atoms with Gasteiger partial charge in [0.2, 0.25) is 0 Å². The van der Waals surface area contributed by atoms with Crippen LogP contribution >= 0.6 is 0 Å². The van der Waals surface area contributed by atoms with Crippen LogP contribution in [0.5, 0.6) is 0 Å². The molecule has 0 radical (unpaired) electrons. The van der Waals surface area contributed by atoms with E-state index < -0.39 is 0 Å². The van der Waals surface area contributed by atoms with Crippen LogP contribution < -0.4 is 5.73 Å². The Labute approximate surface area is 167 Å². The van der Waals surface area contributed by atoms with Gasteiger partial charge in [-0.15, -0.1) is 10.2 Å². The predicted octanol–water partition coefficient (Wildman–Crippen LogP) is 4.62. The van der Waals surface area contributed by atoms with Crippen molar-refractivity contribution in [3.8, 4) is 11.5 Å². The molecular weight excluding hydrogens is 366 g/mol. The molecule has 2 N–H and O–H groups in total. The maximum Gasteiger partial charge on any atom is 0.255 e. The first kappa shape index (κ1) is 18.1. The van der Waals surface area contributed by atoms with E-state index in [-0.39, 0.29) is 0 Å². The summed E-state index contributed by atoms with van der Waals surface area (Å²) in [6.45, 7) is 11.1. The van der Waals surface area contributed by atoms with E-state index in [1.54, 1.807) is 30.8 Å². The van der Waals surface area contributed by atoms with Crippen LogP contribution in [0.1, 0.15) is 11.4 Å². The zero-order chi connectivity index (χ0) is 20.4. The molecule has 0 amide bonds. The van der Waals surface area contributed by atoms with E-state index in [9.17, 15) is 0 Å². The number of aromatic nitrogens is 5. The Morgan fingerprint density at radius 1 is 0.931 bits per heavy atom. The third kappa shape index (κ3) is 3.23. The van der Waals surface area contributed by atoms with Crippen molar-refractivity contribution in [3.63, 3.8) is 0 Å². The molecule has 3 aromatic heterocycles. The summed E-state index contributed by atoms with van der Waals surface area (Å²) in [5, 5.41) is 17.5. The second-order valence-electron chi connectivity index (χ2n) is 6.24. The first-order valence-electron chi connectivity index (χ1n) is 8.81. The molecule has 0 aliphatic rings. The van der Waals surface area contributed by atoms with Crippen LogP contribution in [0, 0.1) is 20.4 Å². The standard InChI is InChI=1S/C20H17N9/c1-13-17(19(21)29(27-13)16-11-7-8-12-23-16)24-25-20-18(22-3)14(2)26-28(20)15-9-5-4-6-10-15/h4-12H,21H2,1-2H3/b25-24+. The van der Waals surface area contributed by atoms with Gasteiger partial charge in [0.15, 0.2) is 23.1 Å². The lowest BCUT2D eigenvalue weighted by molar-refractivity contribution is 0.841. The third-order valence-electron chi connectivity index (χ3n) is 4.29. The smallest absolute Gasteiger partial charge is 0.255 e. The number of hydrogen-bond acceptors (Lipinski definition) is 6. The molecule has 9 heteroatoms. The summed E-state index contributed by atoms with van der Waals surface area (Å²) < 4.78 is 3.11. The molecule has 0 saturated carbocycles. The molecule has 4 rings (SSSR count). The summed E-state index contributed by atoms with van der Waals surface area (Å²) in [5.74, 6) is 1.24. The highest BCUT2D eigenvalue weighted by atomic mass is 15.4. The Bertz CT molecular complexity index is 1230. The first-order valence-corrected chi connectivity index (χ1v) is 8.81. The Kier molecular flexibility index (Phi) is 4.58. The number of nitrogens with two attached hydrogens (primary N) is 1. The highest BCUT2D eigenvalue weighted by Crippen LogP contribution is 2.36. The second-order valence-corrected chi connectivity index (χ2v) is 6.24. The number of benzene rings is 1. The molecule has 142 valence electrons. The van der Waals surface area contributed by atoms with Gasteiger partial charge in [-0.2, -0.15) is 14.9 Å². The van der Waals surface area contributed by atoms with Crippen LogP contribution in [-0.2, 0) is 0 Å². The molecular formula is C20H17N9. The Balaban J connectivity index is 1.80. The molecule has 0 atom stereocenters. The molecule has 0 aliphatic heterocycles. The minimum atomic E-state index is 0.316. The Hall–Kier alpha value is -4.32. The number of anilines is 1. The summed E-state index contributed by atoms with van der Waals surface area (Å²) in [4.78, 5) is 7.84. The Morgan fingerprint density at radius 3 is 2.34 bits per heavy atom. The molecule has 9 nitrogen and oxygen atoms in total. The SMILES string of the molecule is [C-]#[N+]c1c(C)nn(-c2ccccc2)c1/N=N/c1c(C)nn(-c2ccccn2)c1N. The lowest BCUT2D eigenvalue weighted by Gasteiger charge is -2.03. The molecule has 29 heavy (non-hydrogen) atoms. The number of azo groups is 1. The largest absolute Gasteiger partial charge is 0.382 e. The van der Waals surface area contributed by atoms with Crippen molar-refractivity contribution >= 4 is 23.0 Å². The summed E-state index contributed by atoms with van der Waals surface area (Å²) in [6, 6.07) is 14.9. The van der Waals surface area contributed by atoms with Crippen LogP contribution in [-0.4, -0.2) is 24.5 Å². The van der Waals surface area contributed by atoms with Crippen LogP contribution in [0.25, 0.3) is 16.4 Å². The van der Waals surface area contributed by atoms with Gasteiger partial charge in [0, 0.05) is 6.20 Å². The molecule has 1 aromatic carbocycles. The maximum atomic E-state index is 7.51. The number of hydrogen-bond donors (Lipinski definition) is 1. The van der Waals surface area contributed by atoms with E-state index in [2.05, 4.69) is 30.3 Å². The van der Waals surface area contributed by atoms with Gasteiger partial charge in [-0.1, -0.05) is 24.3 Å². The molecule has 0 spiro atoms.